The van der Waals surface area contributed by atoms with Crippen LogP contribution in [0.25, 0.3) is 11.1 Å². The molecule has 9 atom stereocenters. The van der Waals surface area contributed by atoms with Crippen LogP contribution >= 0.6 is 0 Å². The van der Waals surface area contributed by atoms with E-state index in [1.54, 1.807) is 0 Å². The molecule has 9 aliphatic rings. The molecule has 0 radical (unpaired) electrons. The third kappa shape index (κ3) is 3.85. The summed E-state index contributed by atoms with van der Waals surface area (Å²) in [4.78, 5) is 29.8. The zero-order valence-electron chi connectivity index (χ0n) is 31.2. The maximum absolute atomic E-state index is 13.8. The Morgan fingerprint density at radius 1 is 0.830 bits per heavy atom. The van der Waals surface area contributed by atoms with Crippen LogP contribution in [0.4, 0.5) is 0 Å². The van der Waals surface area contributed by atoms with E-state index in [9.17, 15) is 30.0 Å². The molecule has 6 aliphatic carbocycles. The molecule has 0 aromatic heterocycles. The zero-order chi connectivity index (χ0) is 36.6. The van der Waals surface area contributed by atoms with Gasteiger partial charge in [-0.25, -0.2) is 0 Å². The normalized spacial score (nSPS) is 41.2. The number of nitrogens with zero attached hydrogens (tertiary/aromatic N) is 2. The minimum atomic E-state index is -1.22. The molecular formula is C43H53N2O8+. The fraction of sp³-hybridized carbons (Fsp3) is 0.674. The van der Waals surface area contributed by atoms with E-state index in [1.165, 1.54) is 25.7 Å². The molecule has 1 spiro atoms. The molecule has 2 aromatic carbocycles. The molecular weight excluding hydrogens is 672 g/mol. The maximum Gasteiger partial charge on any atom is 0.174 e. The number of ketones is 2. The Morgan fingerprint density at radius 2 is 1.43 bits per heavy atom. The van der Waals surface area contributed by atoms with Crippen molar-refractivity contribution in [3.05, 3.63) is 34.4 Å². The number of aliphatic hydroxyl groups is 2. The van der Waals surface area contributed by atoms with Crippen molar-refractivity contribution in [3.8, 4) is 34.1 Å². The minimum absolute atomic E-state index is 0.0303. The molecule has 3 aliphatic heterocycles. The molecule has 2 aromatic rings. The van der Waals surface area contributed by atoms with Crippen molar-refractivity contribution in [2.24, 2.45) is 11.8 Å². The predicted molar refractivity (Wildman–Crippen MR) is 194 cm³/mol. The summed E-state index contributed by atoms with van der Waals surface area (Å²) in [5.74, 6) is 1.38. The summed E-state index contributed by atoms with van der Waals surface area (Å²) >= 11 is 0. The number of hydrogen-bond acceptors (Lipinski definition) is 9. The van der Waals surface area contributed by atoms with Gasteiger partial charge in [-0.1, -0.05) is 13.3 Å². The van der Waals surface area contributed by atoms with Crippen molar-refractivity contribution in [2.75, 3.05) is 33.7 Å². The predicted octanol–water partition coefficient (Wildman–Crippen LogP) is 4.20. The lowest BCUT2D eigenvalue weighted by atomic mass is 9.48. The molecule has 5 fully saturated rings. The Balaban J connectivity index is 1.11. The van der Waals surface area contributed by atoms with Crippen molar-refractivity contribution in [1.29, 1.82) is 0 Å². The number of aromatic hydroxyl groups is 2. The van der Waals surface area contributed by atoms with Crippen molar-refractivity contribution in [3.63, 3.8) is 0 Å². The van der Waals surface area contributed by atoms with E-state index in [1.807, 2.05) is 12.1 Å². The highest BCUT2D eigenvalue weighted by atomic mass is 16.5. The summed E-state index contributed by atoms with van der Waals surface area (Å²) in [7, 11) is 4.37. The number of benzene rings is 2. The first-order valence-corrected chi connectivity index (χ1v) is 20.5. The Bertz CT molecular complexity index is 2020. The van der Waals surface area contributed by atoms with Crippen molar-refractivity contribution in [1.82, 2.24) is 4.90 Å². The van der Waals surface area contributed by atoms with Crippen molar-refractivity contribution >= 4 is 11.6 Å². The topological polar surface area (TPSA) is 137 Å². The molecule has 10 nitrogen and oxygen atoms in total. The number of piperidine rings is 1. The van der Waals surface area contributed by atoms with Crippen LogP contribution in [0.2, 0.25) is 0 Å². The van der Waals surface area contributed by atoms with E-state index < -0.39 is 34.2 Å². The van der Waals surface area contributed by atoms with Crippen molar-refractivity contribution in [2.45, 2.75) is 137 Å². The van der Waals surface area contributed by atoms with Crippen LogP contribution in [0.15, 0.2) is 12.1 Å². The van der Waals surface area contributed by atoms with Gasteiger partial charge >= 0.3 is 0 Å². The Hall–Kier alpha value is -3.18. The van der Waals surface area contributed by atoms with Gasteiger partial charge in [-0.05, 0) is 87.6 Å². The highest BCUT2D eigenvalue weighted by molar-refractivity contribution is 5.94. The summed E-state index contributed by atoms with van der Waals surface area (Å²) in [5, 5.41) is 50.5. The first-order valence-electron chi connectivity index (χ1n) is 20.5. The Morgan fingerprint density at radius 3 is 2.09 bits per heavy atom. The molecule has 53 heavy (non-hydrogen) atoms. The van der Waals surface area contributed by atoms with Crippen LogP contribution in [0.1, 0.15) is 99.8 Å². The number of Topliss-reactive ketones (excluding diaryl/α,β-unsaturated/α-hetero) is 2. The third-order valence-electron chi connectivity index (χ3n) is 16.3. The largest absolute Gasteiger partial charge is 0.504 e. The standard InChI is InChI=1S/C43H52N2O8/c1-4-11-40-32-24-16-26(34(48)36(32)52-38(40)28(46)9-12-42(40,50)30(18-24)44(2)20-22-5-6-22)27-17-25-19-31-43(51)13-10-29(47)39-41(43,33(25)37(53-39)35(27)49)14-15-45(31,3)21-23-7-8-23/h16-17,22-23,30-31,38-39,50-51H,4-15,18-21H2,1-3H3,(H-,48,49)/p+1/t30-,31-,38?,39?,40+,41+,42-,43-,45?/m1/s1. The molecule has 0 amide bonds. The van der Waals surface area contributed by atoms with Gasteiger partial charge in [0.25, 0.3) is 0 Å². The molecule has 11 rings (SSSR count). The number of likely N-dealkylation sites (N-methyl/N-ethyl adjacent to an activating group) is 2. The quantitative estimate of drug-likeness (QED) is 0.296. The molecule has 10 heteroatoms. The van der Waals surface area contributed by atoms with Gasteiger partial charge in [0.15, 0.2) is 46.8 Å². The fourth-order valence-corrected chi connectivity index (χ4v) is 13.8. The monoisotopic (exact) mass is 725 g/mol. The summed E-state index contributed by atoms with van der Waals surface area (Å²) < 4.78 is 14.0. The lowest BCUT2D eigenvalue weighted by molar-refractivity contribution is -0.950. The fourth-order valence-electron chi connectivity index (χ4n) is 13.8. The number of likely N-dealkylation sites (tertiary alicyclic amines) is 1. The molecule has 4 N–H and O–H groups in total. The van der Waals surface area contributed by atoms with Crippen LogP contribution in [-0.4, -0.2) is 111 Å². The van der Waals surface area contributed by atoms with E-state index in [2.05, 4.69) is 25.9 Å². The van der Waals surface area contributed by atoms with E-state index in [-0.39, 0.29) is 59.5 Å². The van der Waals surface area contributed by atoms with Gasteiger partial charge in [0.1, 0.15) is 11.6 Å². The summed E-state index contributed by atoms with van der Waals surface area (Å²) in [6.45, 7) is 4.79. The Kier molecular flexibility index (Phi) is 6.48. The number of hydrogen-bond donors (Lipinski definition) is 4. The van der Waals surface area contributed by atoms with Crippen LogP contribution < -0.4 is 9.47 Å². The van der Waals surface area contributed by atoms with Gasteiger partial charge in [-0.3, -0.25) is 14.5 Å². The number of carbonyl (C=O) groups is 2. The molecule has 1 saturated heterocycles. The zero-order valence-corrected chi connectivity index (χ0v) is 31.2. The maximum atomic E-state index is 13.8. The average molecular weight is 726 g/mol. The smallest absolute Gasteiger partial charge is 0.174 e. The third-order valence-corrected chi connectivity index (χ3v) is 16.3. The van der Waals surface area contributed by atoms with Gasteiger partial charge in [0.2, 0.25) is 0 Å². The van der Waals surface area contributed by atoms with Gasteiger partial charge < -0.3 is 34.4 Å². The van der Waals surface area contributed by atoms with Crippen molar-refractivity contribution < 1.29 is 44.0 Å². The van der Waals surface area contributed by atoms with Crippen LogP contribution in [0.5, 0.6) is 23.0 Å². The van der Waals surface area contributed by atoms with E-state index in [4.69, 9.17) is 9.47 Å². The van der Waals surface area contributed by atoms with E-state index >= 15 is 0 Å². The first kappa shape index (κ1) is 33.2. The SMILES string of the molecule is CCC[C@]12c3c4cc(-c5cc6c7c(c5O)OC5C(=O)CC[C@@]8(O)[C@@H](C6)[N+](C)(CC6CC6)CC[C@]758)c(O)c3OC1C(=O)CC[C@@]2(O)[C@H](N(C)CC1CC1)C4. The van der Waals surface area contributed by atoms with Gasteiger partial charge in [-0.15, -0.1) is 0 Å². The second kappa shape index (κ2) is 10.4. The molecule has 282 valence electrons. The van der Waals surface area contributed by atoms with Gasteiger partial charge in [-0.2, -0.15) is 0 Å². The average Bonchev–Trinajstić information content (AvgIpc) is 4.05. The van der Waals surface area contributed by atoms with E-state index in [0.717, 1.165) is 52.8 Å². The van der Waals surface area contributed by atoms with Crippen LogP contribution in [0, 0.1) is 11.8 Å². The number of phenolic OH excluding ortho intramolecular Hbond substituents is 2. The minimum Gasteiger partial charge on any atom is -0.504 e. The second-order valence-corrected chi connectivity index (χ2v) is 19.1. The molecule has 4 saturated carbocycles. The highest BCUT2D eigenvalue weighted by Crippen LogP contribution is 2.69. The van der Waals surface area contributed by atoms with E-state index in [0.29, 0.717) is 61.5 Å². The highest BCUT2D eigenvalue weighted by Gasteiger charge is 2.77. The van der Waals surface area contributed by atoms with Gasteiger partial charge in [0.05, 0.1) is 36.6 Å². The van der Waals surface area contributed by atoms with Gasteiger partial charge in [0, 0.05) is 66.4 Å². The molecule has 3 heterocycles. The number of carbonyl (C=O) groups excluding carboxylic acids is 2. The van der Waals surface area contributed by atoms with Crippen LogP contribution in [-0.2, 0) is 33.3 Å². The number of rotatable bonds is 8. The summed E-state index contributed by atoms with van der Waals surface area (Å²) in [5.41, 5.74) is -0.0696. The number of phenols is 2. The molecule has 2 bridgehead atoms. The molecule has 3 unspecified atom stereocenters. The Labute approximate surface area is 310 Å². The number of ether oxygens (including phenoxy) is 2. The van der Waals surface area contributed by atoms with Crippen LogP contribution in [0.3, 0.4) is 0 Å². The lowest BCUT2D eigenvalue weighted by Gasteiger charge is -2.64. The lowest BCUT2D eigenvalue weighted by Crippen LogP contribution is -2.80. The summed E-state index contributed by atoms with van der Waals surface area (Å²) in [6, 6.07) is 3.54. The number of quaternary nitrogens is 1. The second-order valence-electron chi connectivity index (χ2n) is 19.1. The summed E-state index contributed by atoms with van der Waals surface area (Å²) in [6.07, 6.45) is 7.23. The first-order chi connectivity index (χ1) is 25.3.